The van der Waals surface area contributed by atoms with Crippen LogP contribution in [-0.2, 0) is 12.8 Å². The van der Waals surface area contributed by atoms with E-state index in [2.05, 4.69) is 17.1 Å². The highest BCUT2D eigenvalue weighted by atomic mass is 32.1. The Hall–Kier alpha value is -3.18. The fourth-order valence-electron chi connectivity index (χ4n) is 3.68. The summed E-state index contributed by atoms with van der Waals surface area (Å²) in [6.45, 7) is 0. The Balaban J connectivity index is 1.55. The summed E-state index contributed by atoms with van der Waals surface area (Å²) in [5, 5.41) is 13.1. The molecule has 4 aromatic rings. The molecule has 0 unspecified atom stereocenters. The van der Waals surface area contributed by atoms with Gasteiger partial charge in [-0.05, 0) is 47.4 Å². The van der Waals surface area contributed by atoms with Crippen molar-refractivity contribution in [2.75, 3.05) is 7.11 Å². The van der Waals surface area contributed by atoms with Crippen LogP contribution in [0.4, 0.5) is 5.13 Å². The third-order valence-electron chi connectivity index (χ3n) is 5.13. The van der Waals surface area contributed by atoms with Gasteiger partial charge in [0.05, 0.1) is 12.8 Å². The first-order chi connectivity index (χ1) is 13.7. The molecule has 0 radical (unpaired) electrons. The smallest absolute Gasteiger partial charge is 0.209 e. The fraction of sp³-hybridized carbons (Fsp3) is 0.130. The Labute approximate surface area is 166 Å². The van der Waals surface area contributed by atoms with Crippen molar-refractivity contribution in [3.05, 3.63) is 70.6 Å². The van der Waals surface area contributed by atoms with Gasteiger partial charge in [-0.15, -0.1) is 0 Å². The van der Waals surface area contributed by atoms with Crippen LogP contribution in [0.3, 0.4) is 0 Å². The number of ether oxygens (including phenoxy) is 1. The summed E-state index contributed by atoms with van der Waals surface area (Å²) in [6, 6.07) is 17.8. The second-order valence-electron chi connectivity index (χ2n) is 6.77. The number of hydrogen-bond acceptors (Lipinski definition) is 5. The maximum Gasteiger partial charge on any atom is 0.209 e. The summed E-state index contributed by atoms with van der Waals surface area (Å²) >= 11 is 1.61. The molecule has 0 bridgehead atoms. The second kappa shape index (κ2) is 6.77. The van der Waals surface area contributed by atoms with Gasteiger partial charge in [0.15, 0.2) is 0 Å². The van der Waals surface area contributed by atoms with E-state index in [1.165, 1.54) is 10.4 Å². The molecular weight excluding hydrogens is 368 g/mol. The SMILES string of the molecule is COc1ccc2c(c1)-c1nc(N=Cc3c(O)ccc4ccccc34)sc1CC2. The van der Waals surface area contributed by atoms with E-state index in [0.29, 0.717) is 10.7 Å². The second-order valence-corrected chi connectivity index (χ2v) is 7.83. The summed E-state index contributed by atoms with van der Waals surface area (Å²) in [5.41, 5.74) is 4.14. The Morgan fingerprint density at radius 3 is 2.89 bits per heavy atom. The fourth-order valence-corrected chi connectivity index (χ4v) is 4.60. The minimum absolute atomic E-state index is 0.221. The molecule has 1 aliphatic rings. The molecule has 1 aliphatic carbocycles. The molecule has 3 aromatic carbocycles. The van der Waals surface area contributed by atoms with Gasteiger partial charge in [0.25, 0.3) is 0 Å². The van der Waals surface area contributed by atoms with E-state index in [4.69, 9.17) is 9.72 Å². The highest BCUT2D eigenvalue weighted by Crippen LogP contribution is 2.40. The van der Waals surface area contributed by atoms with Crippen LogP contribution in [0.1, 0.15) is 16.0 Å². The van der Waals surface area contributed by atoms with Gasteiger partial charge in [-0.1, -0.05) is 47.7 Å². The van der Waals surface area contributed by atoms with E-state index < -0.39 is 0 Å². The van der Waals surface area contributed by atoms with Gasteiger partial charge in [-0.3, -0.25) is 0 Å². The highest BCUT2D eigenvalue weighted by Gasteiger charge is 2.21. The number of fused-ring (bicyclic) bond motifs is 4. The normalized spacial score (nSPS) is 12.9. The Kier molecular flexibility index (Phi) is 4.10. The molecule has 5 rings (SSSR count). The van der Waals surface area contributed by atoms with Crippen LogP contribution in [0, 0.1) is 0 Å². The number of thiazole rings is 1. The van der Waals surface area contributed by atoms with Crippen LogP contribution in [0.15, 0.2) is 59.6 Å². The zero-order chi connectivity index (χ0) is 19.1. The molecule has 138 valence electrons. The molecule has 0 fully saturated rings. The molecule has 5 heteroatoms. The van der Waals surface area contributed by atoms with Crippen molar-refractivity contribution >= 4 is 33.5 Å². The average Bonchev–Trinajstić information content (AvgIpc) is 3.16. The van der Waals surface area contributed by atoms with Crippen molar-refractivity contribution in [3.63, 3.8) is 0 Å². The molecule has 28 heavy (non-hydrogen) atoms. The molecule has 1 heterocycles. The first-order valence-corrected chi connectivity index (χ1v) is 9.96. The van der Waals surface area contributed by atoms with Gasteiger partial charge in [-0.2, -0.15) is 0 Å². The summed E-state index contributed by atoms with van der Waals surface area (Å²) in [4.78, 5) is 10.6. The number of rotatable bonds is 3. The standard InChI is InChI=1S/C23H18N2O2S/c1-27-16-9-6-15-8-11-21-22(18(15)12-16)25-23(28-21)24-13-19-17-5-3-2-4-14(17)7-10-20(19)26/h2-7,9-10,12-13,26H,8,11H2,1H3. The summed E-state index contributed by atoms with van der Waals surface area (Å²) in [7, 11) is 1.68. The van der Waals surface area contributed by atoms with E-state index in [1.54, 1.807) is 30.7 Å². The summed E-state index contributed by atoms with van der Waals surface area (Å²) in [6.07, 6.45) is 3.69. The molecule has 1 aromatic heterocycles. The van der Waals surface area contributed by atoms with E-state index >= 15 is 0 Å². The quantitative estimate of drug-likeness (QED) is 0.471. The van der Waals surface area contributed by atoms with E-state index in [0.717, 1.165) is 40.6 Å². The van der Waals surface area contributed by atoms with Gasteiger partial charge >= 0.3 is 0 Å². The minimum Gasteiger partial charge on any atom is -0.507 e. The number of hydrogen-bond donors (Lipinski definition) is 1. The zero-order valence-electron chi connectivity index (χ0n) is 15.3. The van der Waals surface area contributed by atoms with Crippen molar-refractivity contribution in [2.24, 2.45) is 4.99 Å². The lowest BCUT2D eigenvalue weighted by Gasteiger charge is -2.15. The number of nitrogens with zero attached hydrogens (tertiary/aromatic N) is 2. The maximum atomic E-state index is 10.3. The molecule has 1 N–H and O–H groups in total. The number of methoxy groups -OCH3 is 1. The molecule has 0 spiro atoms. The van der Waals surface area contributed by atoms with E-state index in [1.807, 2.05) is 36.4 Å². The lowest BCUT2D eigenvalue weighted by Crippen LogP contribution is -2.02. The van der Waals surface area contributed by atoms with Gasteiger partial charge in [0.1, 0.15) is 11.5 Å². The maximum absolute atomic E-state index is 10.3. The summed E-state index contributed by atoms with van der Waals surface area (Å²) in [5.74, 6) is 1.06. The molecule has 0 saturated heterocycles. The van der Waals surface area contributed by atoms with Gasteiger partial charge in [-0.25, -0.2) is 9.98 Å². The average molecular weight is 386 g/mol. The van der Waals surface area contributed by atoms with Crippen molar-refractivity contribution in [1.82, 2.24) is 4.98 Å². The molecule has 0 aliphatic heterocycles. The predicted molar refractivity (Wildman–Crippen MR) is 114 cm³/mol. The Bertz CT molecular complexity index is 1230. The number of benzene rings is 3. The zero-order valence-corrected chi connectivity index (χ0v) is 16.2. The first kappa shape index (κ1) is 17.0. The lowest BCUT2D eigenvalue weighted by molar-refractivity contribution is 0.415. The van der Waals surface area contributed by atoms with Crippen LogP contribution in [0.25, 0.3) is 22.0 Å². The third-order valence-corrected chi connectivity index (χ3v) is 6.15. The minimum atomic E-state index is 0.221. The van der Waals surface area contributed by atoms with Gasteiger partial charge in [0.2, 0.25) is 5.13 Å². The topological polar surface area (TPSA) is 54.7 Å². The summed E-state index contributed by atoms with van der Waals surface area (Å²) < 4.78 is 5.38. The van der Waals surface area contributed by atoms with E-state index in [-0.39, 0.29) is 5.75 Å². The van der Waals surface area contributed by atoms with Crippen molar-refractivity contribution in [1.29, 1.82) is 0 Å². The Morgan fingerprint density at radius 1 is 1.11 bits per heavy atom. The molecule has 0 amide bonds. The number of phenolic OH excluding ortho intramolecular Hbond substituents is 1. The number of aromatic hydroxyl groups is 1. The number of aryl methyl sites for hydroxylation is 2. The third kappa shape index (κ3) is 2.84. The number of aliphatic imine (C=N–C) groups is 1. The van der Waals surface area contributed by atoms with Gasteiger partial charge < -0.3 is 9.84 Å². The first-order valence-electron chi connectivity index (χ1n) is 9.15. The monoisotopic (exact) mass is 386 g/mol. The van der Waals surface area contributed by atoms with Crippen LogP contribution >= 0.6 is 11.3 Å². The lowest BCUT2D eigenvalue weighted by atomic mass is 9.93. The van der Waals surface area contributed by atoms with Gasteiger partial charge in [0, 0.05) is 22.2 Å². The van der Waals surface area contributed by atoms with Crippen LogP contribution in [0.2, 0.25) is 0 Å². The largest absolute Gasteiger partial charge is 0.507 e. The molecule has 0 saturated carbocycles. The number of phenols is 1. The van der Waals surface area contributed by atoms with Crippen molar-refractivity contribution in [3.8, 4) is 22.8 Å². The molecule has 4 nitrogen and oxygen atoms in total. The van der Waals surface area contributed by atoms with E-state index in [9.17, 15) is 5.11 Å². The molecule has 0 atom stereocenters. The van der Waals surface area contributed by atoms with Crippen LogP contribution in [-0.4, -0.2) is 23.4 Å². The van der Waals surface area contributed by atoms with Crippen molar-refractivity contribution < 1.29 is 9.84 Å². The van der Waals surface area contributed by atoms with Crippen LogP contribution in [0.5, 0.6) is 11.5 Å². The van der Waals surface area contributed by atoms with Crippen LogP contribution < -0.4 is 4.74 Å². The number of aromatic nitrogens is 1. The molecular formula is C23H18N2O2S. The highest BCUT2D eigenvalue weighted by molar-refractivity contribution is 7.15. The predicted octanol–water partition coefficient (Wildman–Crippen LogP) is 5.53. The van der Waals surface area contributed by atoms with Crippen molar-refractivity contribution in [2.45, 2.75) is 12.8 Å². The Morgan fingerprint density at radius 2 is 2.00 bits per heavy atom.